The maximum Gasteiger partial charge on any atom is 0.146 e. The highest BCUT2D eigenvalue weighted by Gasteiger charge is 2.12. The Kier molecular flexibility index (Phi) is 5.42. The predicted molar refractivity (Wildman–Crippen MR) is 71.9 cm³/mol. The SMILES string of the molecule is CCCN(C)c1c(F)cccc1CNC(C)C. The highest BCUT2D eigenvalue weighted by atomic mass is 19.1. The van der Waals surface area contributed by atoms with E-state index in [-0.39, 0.29) is 5.82 Å². The zero-order valence-corrected chi connectivity index (χ0v) is 11.3. The lowest BCUT2D eigenvalue weighted by Gasteiger charge is -2.23. The van der Waals surface area contributed by atoms with Gasteiger partial charge in [-0.05, 0) is 18.1 Å². The van der Waals surface area contributed by atoms with E-state index in [4.69, 9.17) is 0 Å². The van der Waals surface area contributed by atoms with Gasteiger partial charge in [-0.2, -0.15) is 0 Å². The smallest absolute Gasteiger partial charge is 0.146 e. The van der Waals surface area contributed by atoms with E-state index in [1.165, 1.54) is 6.07 Å². The van der Waals surface area contributed by atoms with Gasteiger partial charge in [0.05, 0.1) is 5.69 Å². The number of nitrogens with one attached hydrogen (secondary N) is 1. The van der Waals surface area contributed by atoms with Crippen molar-refractivity contribution >= 4 is 5.69 Å². The van der Waals surface area contributed by atoms with Crippen LogP contribution in [0.2, 0.25) is 0 Å². The molecule has 96 valence electrons. The molecule has 0 amide bonds. The van der Waals surface area contributed by atoms with E-state index >= 15 is 0 Å². The van der Waals surface area contributed by atoms with Gasteiger partial charge < -0.3 is 10.2 Å². The fourth-order valence-electron chi connectivity index (χ4n) is 1.89. The van der Waals surface area contributed by atoms with Crippen LogP contribution in [0.4, 0.5) is 10.1 Å². The Morgan fingerprint density at radius 3 is 2.65 bits per heavy atom. The number of anilines is 1. The van der Waals surface area contributed by atoms with Crippen LogP contribution in [0.1, 0.15) is 32.8 Å². The van der Waals surface area contributed by atoms with Crippen LogP contribution in [0, 0.1) is 5.82 Å². The van der Waals surface area contributed by atoms with Crippen LogP contribution in [0.25, 0.3) is 0 Å². The number of hydrogen-bond donors (Lipinski definition) is 1. The summed E-state index contributed by atoms with van der Waals surface area (Å²) in [7, 11) is 1.95. The standard InChI is InChI=1S/C14H23FN2/c1-5-9-17(4)14-12(10-16-11(2)3)7-6-8-13(14)15/h6-8,11,16H,5,9-10H2,1-4H3. The van der Waals surface area contributed by atoms with Crippen LogP contribution < -0.4 is 10.2 Å². The number of halogens is 1. The van der Waals surface area contributed by atoms with Crippen LogP contribution in [0.5, 0.6) is 0 Å². The minimum Gasteiger partial charge on any atom is -0.372 e. The van der Waals surface area contributed by atoms with Crippen molar-refractivity contribution in [3.8, 4) is 0 Å². The second kappa shape index (κ2) is 6.60. The molecule has 0 radical (unpaired) electrons. The molecule has 1 aromatic carbocycles. The van der Waals surface area contributed by atoms with Gasteiger partial charge in [0.1, 0.15) is 5.82 Å². The van der Waals surface area contributed by atoms with Gasteiger partial charge >= 0.3 is 0 Å². The van der Waals surface area contributed by atoms with Crippen molar-refractivity contribution in [1.29, 1.82) is 0 Å². The van der Waals surface area contributed by atoms with Gasteiger partial charge in [0.15, 0.2) is 0 Å². The first-order chi connectivity index (χ1) is 8.06. The minimum absolute atomic E-state index is 0.135. The first-order valence-corrected chi connectivity index (χ1v) is 6.28. The topological polar surface area (TPSA) is 15.3 Å². The average Bonchev–Trinajstić information content (AvgIpc) is 2.26. The third kappa shape index (κ3) is 4.00. The fraction of sp³-hybridized carbons (Fsp3) is 0.571. The molecule has 0 saturated carbocycles. The summed E-state index contributed by atoms with van der Waals surface area (Å²) in [5.41, 5.74) is 1.75. The fourth-order valence-corrected chi connectivity index (χ4v) is 1.89. The highest BCUT2D eigenvalue weighted by molar-refractivity contribution is 5.54. The Hall–Kier alpha value is -1.09. The molecule has 1 rings (SSSR count). The third-order valence-electron chi connectivity index (χ3n) is 2.71. The molecule has 0 bridgehead atoms. The van der Waals surface area contributed by atoms with Crippen molar-refractivity contribution < 1.29 is 4.39 Å². The van der Waals surface area contributed by atoms with E-state index in [2.05, 4.69) is 26.1 Å². The summed E-state index contributed by atoms with van der Waals surface area (Å²) < 4.78 is 13.9. The van der Waals surface area contributed by atoms with Crippen LogP contribution in [-0.4, -0.2) is 19.6 Å². The maximum absolute atomic E-state index is 13.9. The molecule has 0 fully saturated rings. The lowest BCUT2D eigenvalue weighted by Crippen LogP contribution is -2.25. The Morgan fingerprint density at radius 1 is 1.35 bits per heavy atom. The maximum atomic E-state index is 13.9. The molecule has 0 atom stereocenters. The van der Waals surface area contributed by atoms with E-state index in [1.807, 2.05) is 18.0 Å². The number of nitrogens with zero attached hydrogens (tertiary/aromatic N) is 1. The second-order valence-electron chi connectivity index (χ2n) is 4.70. The van der Waals surface area contributed by atoms with Crippen molar-refractivity contribution in [1.82, 2.24) is 5.32 Å². The minimum atomic E-state index is -0.135. The molecule has 0 aliphatic carbocycles. The summed E-state index contributed by atoms with van der Waals surface area (Å²) in [5.74, 6) is -0.135. The first kappa shape index (κ1) is 14.0. The molecule has 0 aliphatic heterocycles. The first-order valence-electron chi connectivity index (χ1n) is 6.28. The van der Waals surface area contributed by atoms with Crippen molar-refractivity contribution in [3.63, 3.8) is 0 Å². The van der Waals surface area contributed by atoms with Crippen molar-refractivity contribution in [2.75, 3.05) is 18.5 Å². The molecule has 2 nitrogen and oxygen atoms in total. The molecular weight excluding hydrogens is 215 g/mol. The summed E-state index contributed by atoms with van der Waals surface area (Å²) in [4.78, 5) is 1.99. The summed E-state index contributed by atoms with van der Waals surface area (Å²) in [5, 5.41) is 3.33. The summed E-state index contributed by atoms with van der Waals surface area (Å²) in [6.45, 7) is 7.86. The predicted octanol–water partition coefficient (Wildman–Crippen LogP) is 3.17. The van der Waals surface area contributed by atoms with E-state index < -0.39 is 0 Å². The zero-order valence-electron chi connectivity index (χ0n) is 11.3. The Morgan fingerprint density at radius 2 is 2.06 bits per heavy atom. The summed E-state index contributed by atoms with van der Waals surface area (Å²) >= 11 is 0. The molecule has 1 N–H and O–H groups in total. The molecule has 0 spiro atoms. The molecule has 3 heteroatoms. The Balaban J connectivity index is 2.91. The molecule has 0 saturated heterocycles. The molecular formula is C14H23FN2. The van der Waals surface area contributed by atoms with Crippen LogP contribution in [-0.2, 0) is 6.54 Å². The molecule has 0 unspecified atom stereocenters. The number of para-hydroxylation sites is 1. The van der Waals surface area contributed by atoms with Crippen LogP contribution in [0.15, 0.2) is 18.2 Å². The van der Waals surface area contributed by atoms with Gasteiger partial charge in [-0.25, -0.2) is 4.39 Å². The van der Waals surface area contributed by atoms with E-state index in [0.717, 1.165) is 24.2 Å². The van der Waals surface area contributed by atoms with Gasteiger partial charge in [-0.3, -0.25) is 0 Å². The molecule has 0 aliphatic rings. The number of hydrogen-bond acceptors (Lipinski definition) is 2. The van der Waals surface area contributed by atoms with E-state index in [1.54, 1.807) is 6.07 Å². The number of benzene rings is 1. The van der Waals surface area contributed by atoms with Gasteiger partial charge in [0.2, 0.25) is 0 Å². The molecule has 0 aromatic heterocycles. The lowest BCUT2D eigenvalue weighted by molar-refractivity contribution is 0.579. The lowest BCUT2D eigenvalue weighted by atomic mass is 10.1. The second-order valence-corrected chi connectivity index (χ2v) is 4.70. The van der Waals surface area contributed by atoms with Crippen LogP contribution in [0.3, 0.4) is 0 Å². The number of rotatable bonds is 6. The van der Waals surface area contributed by atoms with Gasteiger partial charge in [0, 0.05) is 26.2 Å². The largest absolute Gasteiger partial charge is 0.372 e. The van der Waals surface area contributed by atoms with Crippen molar-refractivity contribution in [2.45, 2.75) is 39.8 Å². The quantitative estimate of drug-likeness (QED) is 0.819. The van der Waals surface area contributed by atoms with Gasteiger partial charge in [-0.15, -0.1) is 0 Å². The molecule has 1 aromatic rings. The molecule has 17 heavy (non-hydrogen) atoms. The Bertz CT molecular complexity index is 350. The average molecular weight is 238 g/mol. The summed E-state index contributed by atoms with van der Waals surface area (Å²) in [6, 6.07) is 5.69. The van der Waals surface area contributed by atoms with Gasteiger partial charge in [0.25, 0.3) is 0 Å². The van der Waals surface area contributed by atoms with E-state index in [9.17, 15) is 4.39 Å². The van der Waals surface area contributed by atoms with Crippen molar-refractivity contribution in [3.05, 3.63) is 29.6 Å². The zero-order chi connectivity index (χ0) is 12.8. The highest BCUT2D eigenvalue weighted by Crippen LogP contribution is 2.23. The summed E-state index contributed by atoms with van der Waals surface area (Å²) in [6.07, 6.45) is 1.02. The van der Waals surface area contributed by atoms with Crippen LogP contribution >= 0.6 is 0 Å². The third-order valence-corrected chi connectivity index (χ3v) is 2.71. The monoisotopic (exact) mass is 238 g/mol. The normalized spacial score (nSPS) is 10.9. The molecule has 0 heterocycles. The van der Waals surface area contributed by atoms with E-state index in [0.29, 0.717) is 12.6 Å². The van der Waals surface area contributed by atoms with Crippen molar-refractivity contribution in [2.24, 2.45) is 0 Å². The Labute approximate surface area is 104 Å². The van der Waals surface area contributed by atoms with Gasteiger partial charge in [-0.1, -0.05) is 32.9 Å².